The Kier molecular flexibility index (Phi) is 8.63. The first kappa shape index (κ1) is 20.8. The Labute approximate surface area is 163 Å². The minimum Gasteiger partial charge on any atom is -0.496 e. The average molecular weight is 366 g/mol. The first-order chi connectivity index (χ1) is 13.2. The number of methoxy groups -OCH3 is 1. The number of hydrogen-bond donors (Lipinski definition) is 0. The molecule has 144 valence electrons. The molecule has 2 rings (SSSR count). The Morgan fingerprint density at radius 1 is 0.889 bits per heavy atom. The monoisotopic (exact) mass is 365 g/mol. The zero-order valence-electron chi connectivity index (χ0n) is 16.8. The molecular formula is C24H31NO2. The minimum atomic E-state index is 0.688. The van der Waals surface area contributed by atoms with Crippen molar-refractivity contribution in [3.63, 3.8) is 0 Å². The molecule has 0 spiro atoms. The van der Waals surface area contributed by atoms with Gasteiger partial charge in [-0.25, -0.2) is 0 Å². The molecule has 0 fully saturated rings. The maximum atomic E-state index is 10.8. The summed E-state index contributed by atoms with van der Waals surface area (Å²) < 4.78 is 5.65. The topological polar surface area (TPSA) is 29.5 Å². The van der Waals surface area contributed by atoms with Gasteiger partial charge in [-0.15, -0.1) is 0 Å². The van der Waals surface area contributed by atoms with Crippen molar-refractivity contribution in [2.24, 2.45) is 0 Å². The van der Waals surface area contributed by atoms with Gasteiger partial charge in [0.25, 0.3) is 0 Å². The smallest absolute Gasteiger partial charge is 0.150 e. The van der Waals surface area contributed by atoms with Crippen LogP contribution in [0, 0.1) is 0 Å². The van der Waals surface area contributed by atoms with E-state index >= 15 is 0 Å². The minimum absolute atomic E-state index is 0.688. The van der Waals surface area contributed by atoms with Crippen LogP contribution >= 0.6 is 0 Å². The number of ether oxygens (including phenoxy) is 1. The summed E-state index contributed by atoms with van der Waals surface area (Å²) in [5, 5.41) is 0. The summed E-state index contributed by atoms with van der Waals surface area (Å²) in [4.78, 5) is 13.2. The van der Waals surface area contributed by atoms with Crippen LogP contribution < -0.4 is 9.64 Å². The SMILES string of the molecule is CCCCN(CCCC)c1ccc(/C=C/c2ccc(C=O)cc2)c(OC)c1. The maximum Gasteiger partial charge on any atom is 0.150 e. The quantitative estimate of drug-likeness (QED) is 0.357. The predicted molar refractivity (Wildman–Crippen MR) is 116 cm³/mol. The number of rotatable bonds is 11. The Hall–Kier alpha value is -2.55. The number of anilines is 1. The van der Waals surface area contributed by atoms with E-state index in [2.05, 4.69) is 43.0 Å². The third kappa shape index (κ3) is 6.28. The maximum absolute atomic E-state index is 10.8. The van der Waals surface area contributed by atoms with E-state index in [1.54, 1.807) is 7.11 Å². The van der Waals surface area contributed by atoms with Gasteiger partial charge >= 0.3 is 0 Å². The molecule has 0 bridgehead atoms. The van der Waals surface area contributed by atoms with Crippen LogP contribution in [-0.2, 0) is 0 Å². The second-order valence-electron chi connectivity index (χ2n) is 6.74. The van der Waals surface area contributed by atoms with Crippen LogP contribution in [0.25, 0.3) is 12.2 Å². The van der Waals surface area contributed by atoms with Gasteiger partial charge in [0.2, 0.25) is 0 Å². The number of nitrogens with zero attached hydrogens (tertiary/aromatic N) is 1. The van der Waals surface area contributed by atoms with Gasteiger partial charge in [-0.3, -0.25) is 4.79 Å². The summed E-state index contributed by atoms with van der Waals surface area (Å²) >= 11 is 0. The molecule has 0 saturated heterocycles. The zero-order chi connectivity index (χ0) is 19.5. The lowest BCUT2D eigenvalue weighted by atomic mass is 10.1. The molecular weight excluding hydrogens is 334 g/mol. The molecule has 0 radical (unpaired) electrons. The normalized spacial score (nSPS) is 10.9. The molecule has 0 aliphatic heterocycles. The highest BCUT2D eigenvalue weighted by Crippen LogP contribution is 2.28. The lowest BCUT2D eigenvalue weighted by Gasteiger charge is -2.25. The zero-order valence-corrected chi connectivity index (χ0v) is 16.8. The van der Waals surface area contributed by atoms with Gasteiger partial charge in [0, 0.05) is 36.0 Å². The van der Waals surface area contributed by atoms with Gasteiger partial charge in [-0.2, -0.15) is 0 Å². The van der Waals surface area contributed by atoms with Crippen molar-refractivity contribution in [3.05, 3.63) is 59.2 Å². The number of hydrogen-bond acceptors (Lipinski definition) is 3. The highest BCUT2D eigenvalue weighted by Gasteiger charge is 2.09. The van der Waals surface area contributed by atoms with Crippen molar-refractivity contribution in [1.29, 1.82) is 0 Å². The van der Waals surface area contributed by atoms with E-state index in [1.807, 2.05) is 30.3 Å². The first-order valence-electron chi connectivity index (χ1n) is 9.88. The second kappa shape index (κ2) is 11.2. The molecule has 3 heteroatoms. The Morgan fingerprint density at radius 2 is 1.52 bits per heavy atom. The van der Waals surface area contributed by atoms with Crippen molar-refractivity contribution in [2.75, 3.05) is 25.1 Å². The molecule has 0 aliphatic rings. The van der Waals surface area contributed by atoms with Crippen molar-refractivity contribution in [2.45, 2.75) is 39.5 Å². The van der Waals surface area contributed by atoms with Crippen LogP contribution in [0.5, 0.6) is 5.75 Å². The van der Waals surface area contributed by atoms with E-state index in [4.69, 9.17) is 4.74 Å². The fourth-order valence-electron chi connectivity index (χ4n) is 2.97. The lowest BCUT2D eigenvalue weighted by Crippen LogP contribution is -2.25. The van der Waals surface area contributed by atoms with E-state index in [9.17, 15) is 4.79 Å². The molecule has 0 heterocycles. The van der Waals surface area contributed by atoms with Gasteiger partial charge in [0.1, 0.15) is 12.0 Å². The van der Waals surface area contributed by atoms with Crippen LogP contribution in [0.1, 0.15) is 61.0 Å². The molecule has 0 aromatic heterocycles. The molecule has 0 N–H and O–H groups in total. The molecule has 0 amide bonds. The Bertz CT molecular complexity index is 727. The number of unbranched alkanes of at least 4 members (excludes halogenated alkanes) is 2. The van der Waals surface area contributed by atoms with E-state index in [-0.39, 0.29) is 0 Å². The van der Waals surface area contributed by atoms with Crippen LogP contribution in [0.2, 0.25) is 0 Å². The van der Waals surface area contributed by atoms with Gasteiger partial charge in [0.15, 0.2) is 0 Å². The molecule has 0 saturated carbocycles. The summed E-state index contributed by atoms with van der Waals surface area (Å²) in [5.74, 6) is 0.881. The van der Waals surface area contributed by atoms with E-state index < -0.39 is 0 Å². The van der Waals surface area contributed by atoms with Gasteiger partial charge in [-0.05, 0) is 30.5 Å². The van der Waals surface area contributed by atoms with Crippen LogP contribution in [-0.4, -0.2) is 26.5 Å². The number of carbonyl (C=O) groups excluding carboxylic acids is 1. The van der Waals surface area contributed by atoms with Crippen molar-refractivity contribution < 1.29 is 9.53 Å². The summed E-state index contributed by atoms with van der Waals surface area (Å²) in [6, 6.07) is 14.0. The van der Waals surface area contributed by atoms with Crippen molar-refractivity contribution >= 4 is 24.1 Å². The third-order valence-electron chi connectivity index (χ3n) is 4.67. The van der Waals surface area contributed by atoms with Crippen LogP contribution in [0.4, 0.5) is 5.69 Å². The van der Waals surface area contributed by atoms with E-state index in [0.717, 1.165) is 36.3 Å². The van der Waals surface area contributed by atoms with Gasteiger partial charge in [-0.1, -0.05) is 63.1 Å². The number of aldehydes is 1. The fourth-order valence-corrected chi connectivity index (χ4v) is 2.97. The third-order valence-corrected chi connectivity index (χ3v) is 4.67. The summed E-state index contributed by atoms with van der Waals surface area (Å²) in [7, 11) is 1.72. The first-order valence-corrected chi connectivity index (χ1v) is 9.88. The predicted octanol–water partition coefficient (Wildman–Crippen LogP) is 6.08. The average Bonchev–Trinajstić information content (AvgIpc) is 2.72. The standard InChI is InChI=1S/C24H31NO2/c1-4-6-16-25(17-7-5-2)23-15-14-22(24(18-23)27-3)13-12-20-8-10-21(19-26)11-9-20/h8-15,18-19H,4-7,16-17H2,1-3H3/b13-12+. The second-order valence-corrected chi connectivity index (χ2v) is 6.74. The fraction of sp³-hybridized carbons (Fsp3) is 0.375. The van der Waals surface area contributed by atoms with E-state index in [0.29, 0.717) is 5.56 Å². The molecule has 0 atom stereocenters. The summed E-state index contributed by atoms with van der Waals surface area (Å²) in [5.41, 5.74) is 4.01. The highest BCUT2D eigenvalue weighted by molar-refractivity contribution is 5.78. The van der Waals surface area contributed by atoms with Crippen molar-refractivity contribution in [3.8, 4) is 5.75 Å². The largest absolute Gasteiger partial charge is 0.496 e. The molecule has 0 aliphatic carbocycles. The number of benzene rings is 2. The van der Waals surface area contributed by atoms with Gasteiger partial charge < -0.3 is 9.64 Å². The van der Waals surface area contributed by atoms with Gasteiger partial charge in [0.05, 0.1) is 7.11 Å². The molecule has 2 aromatic carbocycles. The lowest BCUT2D eigenvalue weighted by molar-refractivity contribution is 0.112. The molecule has 0 unspecified atom stereocenters. The Morgan fingerprint density at radius 3 is 2.07 bits per heavy atom. The summed E-state index contributed by atoms with van der Waals surface area (Å²) in [6.45, 7) is 6.62. The Balaban J connectivity index is 2.19. The molecule has 3 nitrogen and oxygen atoms in total. The van der Waals surface area contributed by atoms with E-state index in [1.165, 1.54) is 31.4 Å². The molecule has 27 heavy (non-hydrogen) atoms. The highest BCUT2D eigenvalue weighted by atomic mass is 16.5. The number of carbonyl (C=O) groups is 1. The van der Waals surface area contributed by atoms with Crippen LogP contribution in [0.15, 0.2) is 42.5 Å². The van der Waals surface area contributed by atoms with Crippen LogP contribution in [0.3, 0.4) is 0 Å². The summed E-state index contributed by atoms with van der Waals surface area (Å²) in [6.07, 6.45) is 9.75. The van der Waals surface area contributed by atoms with Crippen molar-refractivity contribution in [1.82, 2.24) is 0 Å². The molecule has 2 aromatic rings.